The summed E-state index contributed by atoms with van der Waals surface area (Å²) < 4.78 is 12.0. The van der Waals surface area contributed by atoms with E-state index in [0.29, 0.717) is 0 Å². The third-order valence-corrected chi connectivity index (χ3v) is 3.43. The van der Waals surface area contributed by atoms with Crippen LogP contribution in [0.25, 0.3) is 0 Å². The van der Waals surface area contributed by atoms with Gasteiger partial charge < -0.3 is 14.1 Å². The molecule has 2 rings (SSSR count). The smallest absolute Gasteiger partial charge is 0.138 e. The number of hydrazine groups is 1. The molecule has 0 bridgehead atoms. The fourth-order valence-corrected chi connectivity index (χ4v) is 2.34. The Morgan fingerprint density at radius 1 is 1.69 bits per heavy atom. The molecule has 1 aromatic heterocycles. The Bertz CT molecular complexity index is 345. The highest BCUT2D eigenvalue weighted by Gasteiger charge is 2.30. The van der Waals surface area contributed by atoms with Crippen molar-refractivity contribution in [1.82, 2.24) is 10.3 Å². The van der Waals surface area contributed by atoms with Crippen molar-refractivity contribution in [2.75, 3.05) is 26.7 Å². The quantitative estimate of drug-likeness (QED) is 0.639. The summed E-state index contributed by atoms with van der Waals surface area (Å²) in [5.74, 6) is 6.36. The lowest BCUT2D eigenvalue weighted by Gasteiger charge is -2.34. The molecule has 0 saturated carbocycles. The summed E-state index contributed by atoms with van der Waals surface area (Å²) in [5.41, 5.74) is 2.76. The highest BCUT2D eigenvalue weighted by Crippen LogP contribution is 2.28. The second-order valence-electron chi connectivity index (χ2n) is 3.95. The van der Waals surface area contributed by atoms with E-state index in [0.717, 1.165) is 29.9 Å². The maximum absolute atomic E-state index is 5.72. The maximum atomic E-state index is 5.72. The molecule has 90 valence electrons. The van der Waals surface area contributed by atoms with E-state index in [1.54, 1.807) is 6.26 Å². The summed E-state index contributed by atoms with van der Waals surface area (Å²) in [7, 11) is 2.07. The molecule has 2 heterocycles. The molecular weight excluding hydrogens is 274 g/mol. The molecule has 0 radical (unpaired) electrons. The molecule has 1 saturated heterocycles. The number of rotatable bonds is 3. The third kappa shape index (κ3) is 2.46. The van der Waals surface area contributed by atoms with E-state index in [4.69, 9.17) is 15.0 Å². The molecule has 3 N–H and O–H groups in total. The van der Waals surface area contributed by atoms with Gasteiger partial charge in [0.15, 0.2) is 0 Å². The normalized spacial score (nSPS) is 24.6. The zero-order valence-electron chi connectivity index (χ0n) is 9.15. The molecule has 1 aliphatic heterocycles. The Kier molecular flexibility index (Phi) is 3.99. The van der Waals surface area contributed by atoms with Gasteiger partial charge in [-0.15, -0.1) is 0 Å². The van der Waals surface area contributed by atoms with Crippen LogP contribution in [0.2, 0.25) is 0 Å². The van der Waals surface area contributed by atoms with Crippen LogP contribution in [0, 0.1) is 0 Å². The van der Waals surface area contributed by atoms with Crippen molar-refractivity contribution < 1.29 is 9.15 Å². The molecule has 1 aromatic rings. The first-order valence-electron chi connectivity index (χ1n) is 5.21. The summed E-state index contributed by atoms with van der Waals surface area (Å²) in [5, 5.41) is 0. The number of nitrogens with one attached hydrogen (secondary N) is 1. The Balaban J connectivity index is 2.13. The van der Waals surface area contributed by atoms with E-state index in [2.05, 4.69) is 33.3 Å². The minimum atomic E-state index is -0.132. The van der Waals surface area contributed by atoms with Crippen LogP contribution in [0.3, 0.4) is 0 Å². The minimum Gasteiger partial charge on any atom is -0.466 e. The Labute approximate surface area is 103 Å². The third-order valence-electron chi connectivity index (χ3n) is 2.78. The summed E-state index contributed by atoms with van der Waals surface area (Å²) in [4.78, 5) is 2.22. The average molecular weight is 290 g/mol. The van der Waals surface area contributed by atoms with Crippen molar-refractivity contribution in [2.45, 2.75) is 12.1 Å². The van der Waals surface area contributed by atoms with Crippen LogP contribution in [-0.2, 0) is 4.74 Å². The number of halogens is 1. The molecule has 0 amide bonds. The van der Waals surface area contributed by atoms with Crippen LogP contribution >= 0.6 is 15.9 Å². The van der Waals surface area contributed by atoms with E-state index in [1.165, 1.54) is 0 Å². The fourth-order valence-electron chi connectivity index (χ4n) is 1.89. The molecule has 2 unspecified atom stereocenters. The molecule has 0 spiro atoms. The van der Waals surface area contributed by atoms with Gasteiger partial charge in [-0.1, -0.05) is 0 Å². The van der Waals surface area contributed by atoms with Gasteiger partial charge in [-0.2, -0.15) is 0 Å². The van der Waals surface area contributed by atoms with Crippen LogP contribution in [-0.4, -0.2) is 37.7 Å². The lowest BCUT2D eigenvalue weighted by molar-refractivity contribution is -0.0429. The lowest BCUT2D eigenvalue weighted by Crippen LogP contribution is -2.48. The van der Waals surface area contributed by atoms with Crippen LogP contribution in [0.5, 0.6) is 0 Å². The van der Waals surface area contributed by atoms with E-state index < -0.39 is 0 Å². The molecule has 5 nitrogen and oxygen atoms in total. The first-order valence-corrected chi connectivity index (χ1v) is 6.01. The van der Waals surface area contributed by atoms with Gasteiger partial charge in [-0.05, 0) is 29.0 Å². The van der Waals surface area contributed by atoms with Gasteiger partial charge in [0.05, 0.1) is 23.4 Å². The number of morpholine rings is 1. The number of hydrogen-bond acceptors (Lipinski definition) is 5. The number of likely N-dealkylation sites (N-methyl/N-ethyl adjacent to an activating group) is 1. The fraction of sp³-hybridized carbons (Fsp3) is 0.600. The largest absolute Gasteiger partial charge is 0.466 e. The predicted molar refractivity (Wildman–Crippen MR) is 63.7 cm³/mol. The SMILES string of the molecule is CN1CCOC(C(NN)c2occc2Br)C1. The predicted octanol–water partition coefficient (Wildman–Crippen LogP) is 0.877. The van der Waals surface area contributed by atoms with Crippen molar-refractivity contribution >= 4 is 15.9 Å². The van der Waals surface area contributed by atoms with Crippen molar-refractivity contribution in [2.24, 2.45) is 5.84 Å². The van der Waals surface area contributed by atoms with Gasteiger partial charge >= 0.3 is 0 Å². The summed E-state index contributed by atoms with van der Waals surface area (Å²) in [6, 6.07) is 1.72. The van der Waals surface area contributed by atoms with Gasteiger partial charge in [0.2, 0.25) is 0 Å². The molecular formula is C10H16BrN3O2. The highest BCUT2D eigenvalue weighted by atomic mass is 79.9. The zero-order chi connectivity index (χ0) is 11.5. The van der Waals surface area contributed by atoms with Crippen molar-refractivity contribution in [3.8, 4) is 0 Å². The molecule has 2 atom stereocenters. The van der Waals surface area contributed by atoms with E-state index in [-0.39, 0.29) is 12.1 Å². The molecule has 6 heteroatoms. The Morgan fingerprint density at radius 3 is 3.06 bits per heavy atom. The van der Waals surface area contributed by atoms with Gasteiger partial charge in [-0.25, -0.2) is 5.43 Å². The number of nitrogens with zero attached hydrogens (tertiary/aromatic N) is 1. The number of hydrogen-bond donors (Lipinski definition) is 2. The average Bonchev–Trinajstić information content (AvgIpc) is 2.67. The molecule has 0 aliphatic carbocycles. The minimum absolute atomic E-state index is 0.00574. The molecule has 1 fully saturated rings. The summed E-state index contributed by atoms with van der Waals surface area (Å²) in [6.45, 7) is 2.51. The van der Waals surface area contributed by atoms with Crippen molar-refractivity contribution in [3.05, 3.63) is 22.6 Å². The number of ether oxygens (including phenoxy) is 1. The molecule has 0 aromatic carbocycles. The Hall–Kier alpha value is -0.400. The second kappa shape index (κ2) is 5.29. The summed E-state index contributed by atoms with van der Waals surface area (Å²) in [6.07, 6.45) is 1.64. The van der Waals surface area contributed by atoms with Crippen molar-refractivity contribution in [3.63, 3.8) is 0 Å². The van der Waals surface area contributed by atoms with Gasteiger partial charge in [0.25, 0.3) is 0 Å². The van der Waals surface area contributed by atoms with E-state index >= 15 is 0 Å². The number of nitrogens with two attached hydrogens (primary N) is 1. The highest BCUT2D eigenvalue weighted by molar-refractivity contribution is 9.10. The number of furan rings is 1. The van der Waals surface area contributed by atoms with Crippen LogP contribution < -0.4 is 11.3 Å². The molecule has 16 heavy (non-hydrogen) atoms. The standard InChI is InChI=1S/C10H16BrN3O2/c1-14-3-5-15-8(6-14)9(13-12)10-7(11)2-4-16-10/h2,4,8-9,13H,3,5-6,12H2,1H3. The maximum Gasteiger partial charge on any atom is 0.138 e. The zero-order valence-corrected chi connectivity index (χ0v) is 10.7. The van der Waals surface area contributed by atoms with Gasteiger partial charge in [0.1, 0.15) is 11.8 Å². The van der Waals surface area contributed by atoms with Crippen molar-refractivity contribution in [1.29, 1.82) is 0 Å². The van der Waals surface area contributed by atoms with E-state index in [1.807, 2.05) is 6.07 Å². The monoisotopic (exact) mass is 289 g/mol. The second-order valence-corrected chi connectivity index (χ2v) is 4.80. The van der Waals surface area contributed by atoms with E-state index in [9.17, 15) is 0 Å². The van der Waals surface area contributed by atoms with Crippen LogP contribution in [0.1, 0.15) is 11.8 Å². The topological polar surface area (TPSA) is 63.7 Å². The first-order chi connectivity index (χ1) is 7.72. The van der Waals surface area contributed by atoms with Gasteiger partial charge in [-0.3, -0.25) is 5.84 Å². The van der Waals surface area contributed by atoms with Gasteiger partial charge in [0, 0.05) is 13.1 Å². The molecule has 1 aliphatic rings. The van der Waals surface area contributed by atoms with Crippen LogP contribution in [0.4, 0.5) is 0 Å². The van der Waals surface area contributed by atoms with Crippen LogP contribution in [0.15, 0.2) is 21.2 Å². The lowest BCUT2D eigenvalue weighted by atomic mass is 10.1. The summed E-state index contributed by atoms with van der Waals surface area (Å²) >= 11 is 3.43. The first kappa shape index (κ1) is 12.1. The Morgan fingerprint density at radius 2 is 2.50 bits per heavy atom.